The van der Waals surface area contributed by atoms with Gasteiger partial charge in [0.25, 0.3) is 5.91 Å². The van der Waals surface area contributed by atoms with E-state index in [0.29, 0.717) is 17.8 Å². The van der Waals surface area contributed by atoms with Crippen LogP contribution in [0.5, 0.6) is 0 Å². The van der Waals surface area contributed by atoms with Gasteiger partial charge in [-0.25, -0.2) is 9.37 Å². The number of halogens is 1. The standard InChI is InChI=1S/C25H23FN4O/c1-29-15-24(28-16-29)25(31)30(20-5-2-6-20)14-17-7-10-22(26)21(12-17)19-9-8-18-4-3-11-27-23(18)13-19/h3-4,7-13,15-16,20H,2,5-6,14H2,1H3. The molecule has 0 radical (unpaired) electrons. The van der Waals surface area contributed by atoms with Gasteiger partial charge >= 0.3 is 0 Å². The van der Waals surface area contributed by atoms with Gasteiger partial charge in [-0.1, -0.05) is 24.3 Å². The molecule has 1 amide bonds. The lowest BCUT2D eigenvalue weighted by molar-refractivity contribution is 0.0551. The van der Waals surface area contributed by atoms with Gasteiger partial charge < -0.3 is 9.47 Å². The number of carbonyl (C=O) groups is 1. The van der Waals surface area contributed by atoms with Crippen LogP contribution in [0.2, 0.25) is 0 Å². The molecule has 0 N–H and O–H groups in total. The zero-order chi connectivity index (χ0) is 21.4. The van der Waals surface area contributed by atoms with Crippen LogP contribution < -0.4 is 0 Å². The maximum absolute atomic E-state index is 14.7. The van der Waals surface area contributed by atoms with Gasteiger partial charge in [0.2, 0.25) is 0 Å². The number of hydrogen-bond donors (Lipinski definition) is 0. The fraction of sp³-hybridized carbons (Fsp3) is 0.240. The summed E-state index contributed by atoms with van der Waals surface area (Å²) in [5.74, 6) is -0.364. The monoisotopic (exact) mass is 414 g/mol. The van der Waals surface area contributed by atoms with Gasteiger partial charge in [0.1, 0.15) is 11.5 Å². The number of aromatic nitrogens is 3. The summed E-state index contributed by atoms with van der Waals surface area (Å²) in [5, 5.41) is 1.01. The number of pyridine rings is 1. The van der Waals surface area contributed by atoms with E-state index in [0.717, 1.165) is 41.3 Å². The SMILES string of the molecule is Cn1cnc(C(=O)N(Cc2ccc(F)c(-c3ccc4cccnc4c3)c2)C2CCC2)c1. The Kier molecular flexibility index (Phi) is 4.98. The average molecular weight is 414 g/mol. The lowest BCUT2D eigenvalue weighted by Gasteiger charge is -2.37. The molecule has 1 aliphatic carbocycles. The Hall–Kier alpha value is -3.54. The third kappa shape index (κ3) is 3.81. The van der Waals surface area contributed by atoms with Crippen molar-refractivity contribution in [1.29, 1.82) is 0 Å². The molecule has 1 fully saturated rings. The van der Waals surface area contributed by atoms with E-state index in [-0.39, 0.29) is 17.8 Å². The number of hydrogen-bond acceptors (Lipinski definition) is 3. The highest BCUT2D eigenvalue weighted by atomic mass is 19.1. The van der Waals surface area contributed by atoms with Crippen molar-refractivity contribution in [3.05, 3.63) is 84.3 Å². The summed E-state index contributed by atoms with van der Waals surface area (Å²) in [6.45, 7) is 0.430. The van der Waals surface area contributed by atoms with Crippen molar-refractivity contribution in [2.75, 3.05) is 0 Å². The molecule has 6 heteroatoms. The molecule has 0 unspecified atom stereocenters. The summed E-state index contributed by atoms with van der Waals surface area (Å²) in [5.41, 5.74) is 3.46. The predicted octanol–water partition coefficient (Wildman–Crippen LogP) is 4.97. The van der Waals surface area contributed by atoms with Crippen molar-refractivity contribution in [1.82, 2.24) is 19.4 Å². The van der Waals surface area contributed by atoms with Crippen LogP contribution in [-0.2, 0) is 13.6 Å². The Morgan fingerprint density at radius 2 is 2.03 bits per heavy atom. The molecule has 2 aromatic carbocycles. The molecule has 0 bridgehead atoms. The minimum absolute atomic E-state index is 0.0777. The van der Waals surface area contributed by atoms with Crippen LogP contribution in [0.1, 0.15) is 35.3 Å². The molecule has 2 heterocycles. The molecule has 5 nitrogen and oxygen atoms in total. The first-order valence-corrected chi connectivity index (χ1v) is 10.5. The van der Waals surface area contributed by atoms with Gasteiger partial charge in [-0.2, -0.15) is 0 Å². The summed E-state index contributed by atoms with van der Waals surface area (Å²) in [6, 6.07) is 14.9. The number of rotatable bonds is 5. The third-order valence-corrected chi connectivity index (χ3v) is 6.00. The molecular weight excluding hydrogens is 391 g/mol. The quantitative estimate of drug-likeness (QED) is 0.463. The second-order valence-electron chi connectivity index (χ2n) is 8.17. The number of fused-ring (bicyclic) bond motifs is 1. The molecule has 31 heavy (non-hydrogen) atoms. The molecule has 2 aromatic heterocycles. The fourth-order valence-corrected chi connectivity index (χ4v) is 4.06. The van der Waals surface area contributed by atoms with E-state index < -0.39 is 0 Å². The van der Waals surface area contributed by atoms with Gasteiger partial charge in [-0.15, -0.1) is 0 Å². The second kappa shape index (κ2) is 7.95. The van der Waals surface area contributed by atoms with E-state index >= 15 is 0 Å². The first-order chi connectivity index (χ1) is 15.1. The molecule has 0 saturated heterocycles. The van der Waals surface area contributed by atoms with Crippen LogP contribution in [-0.4, -0.2) is 31.4 Å². The number of amides is 1. The summed E-state index contributed by atoms with van der Waals surface area (Å²) in [7, 11) is 1.85. The normalized spacial score (nSPS) is 13.9. The highest BCUT2D eigenvalue weighted by Crippen LogP contribution is 2.30. The van der Waals surface area contributed by atoms with Gasteiger partial charge in [-0.05, 0) is 54.7 Å². The van der Waals surface area contributed by atoms with Crippen molar-refractivity contribution in [2.24, 2.45) is 7.05 Å². The van der Waals surface area contributed by atoms with Crippen LogP contribution >= 0.6 is 0 Å². The van der Waals surface area contributed by atoms with E-state index in [1.54, 1.807) is 29.4 Å². The Bertz CT molecular complexity index is 1260. The van der Waals surface area contributed by atoms with Crippen LogP contribution in [0, 0.1) is 5.82 Å². The van der Waals surface area contributed by atoms with Crippen molar-refractivity contribution >= 4 is 16.8 Å². The Morgan fingerprint density at radius 1 is 1.16 bits per heavy atom. The second-order valence-corrected chi connectivity index (χ2v) is 8.17. The lowest BCUT2D eigenvalue weighted by Crippen LogP contribution is -2.43. The zero-order valence-electron chi connectivity index (χ0n) is 17.3. The van der Waals surface area contributed by atoms with Crippen molar-refractivity contribution in [2.45, 2.75) is 31.8 Å². The number of aryl methyl sites for hydroxylation is 1. The molecule has 0 atom stereocenters. The Morgan fingerprint density at radius 3 is 2.77 bits per heavy atom. The minimum atomic E-state index is -0.287. The maximum atomic E-state index is 14.7. The van der Waals surface area contributed by atoms with Crippen LogP contribution in [0.4, 0.5) is 4.39 Å². The number of carbonyl (C=O) groups excluding carboxylic acids is 1. The molecule has 0 spiro atoms. The highest BCUT2D eigenvalue weighted by Gasteiger charge is 2.30. The topological polar surface area (TPSA) is 51.0 Å². The van der Waals surface area contributed by atoms with Crippen LogP contribution in [0.3, 0.4) is 0 Å². The summed E-state index contributed by atoms with van der Waals surface area (Å²) in [4.78, 5) is 23.6. The Balaban J connectivity index is 1.47. The smallest absolute Gasteiger partial charge is 0.274 e. The minimum Gasteiger partial charge on any atom is -0.340 e. The molecular formula is C25H23FN4O. The molecule has 156 valence electrons. The van der Waals surface area contributed by atoms with Crippen molar-refractivity contribution in [3.8, 4) is 11.1 Å². The van der Waals surface area contributed by atoms with Gasteiger partial charge in [0, 0.05) is 43.0 Å². The number of benzene rings is 2. The Labute approximate surface area is 180 Å². The van der Waals surface area contributed by atoms with E-state index in [1.807, 2.05) is 48.3 Å². The first-order valence-electron chi connectivity index (χ1n) is 10.5. The molecule has 5 rings (SSSR count). The van der Waals surface area contributed by atoms with Gasteiger partial charge in [0.05, 0.1) is 11.8 Å². The highest BCUT2D eigenvalue weighted by molar-refractivity contribution is 5.92. The summed E-state index contributed by atoms with van der Waals surface area (Å²) >= 11 is 0. The van der Waals surface area contributed by atoms with E-state index in [2.05, 4.69) is 9.97 Å². The largest absolute Gasteiger partial charge is 0.340 e. The first kappa shape index (κ1) is 19.4. The van der Waals surface area contributed by atoms with E-state index in [1.165, 1.54) is 6.07 Å². The fourth-order valence-electron chi connectivity index (χ4n) is 4.06. The van der Waals surface area contributed by atoms with Crippen molar-refractivity contribution < 1.29 is 9.18 Å². The maximum Gasteiger partial charge on any atom is 0.274 e. The van der Waals surface area contributed by atoms with Crippen molar-refractivity contribution in [3.63, 3.8) is 0 Å². The molecule has 0 aliphatic heterocycles. The summed E-state index contributed by atoms with van der Waals surface area (Å²) < 4.78 is 16.5. The molecule has 4 aromatic rings. The number of nitrogens with zero attached hydrogens (tertiary/aromatic N) is 4. The predicted molar refractivity (Wildman–Crippen MR) is 118 cm³/mol. The number of imidazole rings is 1. The lowest BCUT2D eigenvalue weighted by atomic mass is 9.90. The molecule has 1 aliphatic rings. The van der Waals surface area contributed by atoms with Gasteiger partial charge in [0.15, 0.2) is 0 Å². The van der Waals surface area contributed by atoms with Gasteiger partial charge in [-0.3, -0.25) is 9.78 Å². The van der Waals surface area contributed by atoms with E-state index in [4.69, 9.17) is 0 Å². The van der Waals surface area contributed by atoms with Crippen LogP contribution in [0.25, 0.3) is 22.0 Å². The zero-order valence-corrected chi connectivity index (χ0v) is 17.3. The van der Waals surface area contributed by atoms with Crippen LogP contribution in [0.15, 0.2) is 67.3 Å². The summed E-state index contributed by atoms with van der Waals surface area (Å²) in [6.07, 6.45) is 8.21. The molecule has 1 saturated carbocycles. The average Bonchev–Trinajstić information content (AvgIpc) is 3.18. The third-order valence-electron chi connectivity index (χ3n) is 6.00. The van der Waals surface area contributed by atoms with E-state index in [9.17, 15) is 9.18 Å².